The maximum atomic E-state index is 12.8. The van der Waals surface area contributed by atoms with Gasteiger partial charge in [0, 0.05) is 43.5 Å². The second-order valence-corrected chi connectivity index (χ2v) is 7.07. The molecule has 3 rings (SSSR count). The number of benzene rings is 2. The van der Waals surface area contributed by atoms with Gasteiger partial charge in [-0.25, -0.2) is 0 Å². The van der Waals surface area contributed by atoms with Gasteiger partial charge in [-0.2, -0.15) is 5.26 Å². The molecule has 1 heterocycles. The number of hydrogen-bond donors (Lipinski definition) is 0. The summed E-state index contributed by atoms with van der Waals surface area (Å²) in [6, 6.07) is 13.9. The van der Waals surface area contributed by atoms with Crippen LogP contribution in [-0.4, -0.2) is 41.9 Å². The molecule has 27 heavy (non-hydrogen) atoms. The number of nitriles is 1. The third-order valence-corrected chi connectivity index (χ3v) is 5.21. The number of hydrogen-bond acceptors (Lipinski definition) is 5. The molecule has 0 radical (unpaired) electrons. The molecule has 0 unspecified atom stereocenters. The van der Waals surface area contributed by atoms with Gasteiger partial charge in [-0.1, -0.05) is 0 Å². The third kappa shape index (κ3) is 4.26. The highest BCUT2D eigenvalue weighted by Gasteiger charge is 2.23. The summed E-state index contributed by atoms with van der Waals surface area (Å²) in [6.45, 7) is 2.59. The Bertz CT molecular complexity index is 908. The van der Waals surface area contributed by atoms with Gasteiger partial charge in [-0.05, 0) is 58.7 Å². The number of nitro benzene ring substituents is 1. The SMILES string of the molecule is N#Cc1ccc(N2CCCN(C(=O)c3ccc(Br)c([N+](=O)[O-])c3)CC2)cc1. The zero-order chi connectivity index (χ0) is 19.4. The van der Waals surface area contributed by atoms with Crippen LogP contribution in [0.5, 0.6) is 0 Å². The van der Waals surface area contributed by atoms with Crippen molar-refractivity contribution in [3.63, 3.8) is 0 Å². The molecule has 0 bridgehead atoms. The molecule has 0 aliphatic carbocycles. The van der Waals surface area contributed by atoms with Crippen molar-refractivity contribution in [3.05, 3.63) is 68.2 Å². The second-order valence-electron chi connectivity index (χ2n) is 6.21. The number of nitro groups is 1. The van der Waals surface area contributed by atoms with Crippen LogP contribution in [0.1, 0.15) is 22.3 Å². The van der Waals surface area contributed by atoms with Crippen LogP contribution in [0.25, 0.3) is 0 Å². The van der Waals surface area contributed by atoms with Gasteiger partial charge in [-0.3, -0.25) is 14.9 Å². The van der Waals surface area contributed by atoms with Crippen molar-refractivity contribution in [2.45, 2.75) is 6.42 Å². The summed E-state index contributed by atoms with van der Waals surface area (Å²) in [5, 5.41) is 20.0. The zero-order valence-electron chi connectivity index (χ0n) is 14.5. The van der Waals surface area contributed by atoms with E-state index >= 15 is 0 Å². The minimum atomic E-state index is -0.504. The molecule has 0 aromatic heterocycles. The molecule has 0 spiro atoms. The normalized spacial score (nSPS) is 14.4. The minimum Gasteiger partial charge on any atom is -0.370 e. The first-order valence-electron chi connectivity index (χ1n) is 8.48. The Morgan fingerprint density at radius 3 is 2.52 bits per heavy atom. The fourth-order valence-electron chi connectivity index (χ4n) is 3.09. The summed E-state index contributed by atoms with van der Waals surface area (Å²) in [7, 11) is 0. The molecular weight excluding hydrogens is 412 g/mol. The fourth-order valence-corrected chi connectivity index (χ4v) is 3.49. The van der Waals surface area contributed by atoms with E-state index in [1.807, 2.05) is 12.1 Å². The monoisotopic (exact) mass is 428 g/mol. The average Bonchev–Trinajstić information content (AvgIpc) is 2.94. The molecule has 0 atom stereocenters. The standard InChI is InChI=1S/C19H17BrN4O3/c20-17-7-4-15(12-18(17)24(26)27)19(25)23-9-1-8-22(10-11-23)16-5-2-14(13-21)3-6-16/h2-7,12H,1,8-11H2. The van der Waals surface area contributed by atoms with E-state index < -0.39 is 4.92 Å². The summed E-state index contributed by atoms with van der Waals surface area (Å²) >= 11 is 3.14. The highest BCUT2D eigenvalue weighted by atomic mass is 79.9. The Kier molecular flexibility index (Phi) is 5.72. The summed E-state index contributed by atoms with van der Waals surface area (Å²) in [5.41, 5.74) is 1.83. The van der Waals surface area contributed by atoms with Gasteiger partial charge >= 0.3 is 0 Å². The lowest BCUT2D eigenvalue weighted by molar-refractivity contribution is -0.385. The number of rotatable bonds is 3. The van der Waals surface area contributed by atoms with E-state index in [2.05, 4.69) is 26.9 Å². The topological polar surface area (TPSA) is 90.5 Å². The lowest BCUT2D eigenvalue weighted by atomic mass is 10.1. The fraction of sp³-hybridized carbons (Fsp3) is 0.263. The van der Waals surface area contributed by atoms with Gasteiger partial charge in [-0.15, -0.1) is 0 Å². The summed E-state index contributed by atoms with van der Waals surface area (Å²) in [4.78, 5) is 27.3. The molecule has 138 valence electrons. The Hall–Kier alpha value is -2.92. The second kappa shape index (κ2) is 8.18. The highest BCUT2D eigenvalue weighted by Crippen LogP contribution is 2.26. The molecule has 8 heteroatoms. The van der Waals surface area contributed by atoms with Crippen molar-refractivity contribution in [2.24, 2.45) is 0 Å². The Balaban J connectivity index is 1.72. The van der Waals surface area contributed by atoms with Crippen molar-refractivity contribution in [3.8, 4) is 6.07 Å². The summed E-state index contributed by atoms with van der Waals surface area (Å²) in [5.74, 6) is -0.202. The van der Waals surface area contributed by atoms with Gasteiger partial charge in [0.15, 0.2) is 0 Å². The molecule has 1 fully saturated rings. The van der Waals surface area contributed by atoms with Crippen LogP contribution >= 0.6 is 15.9 Å². The molecule has 1 aliphatic heterocycles. The minimum absolute atomic E-state index is 0.116. The predicted molar refractivity (Wildman–Crippen MR) is 105 cm³/mol. The number of halogens is 1. The largest absolute Gasteiger partial charge is 0.370 e. The first kappa shape index (κ1) is 18.9. The number of carbonyl (C=O) groups excluding carboxylic acids is 1. The number of nitrogens with zero attached hydrogens (tertiary/aromatic N) is 4. The molecule has 1 amide bonds. The van der Waals surface area contributed by atoms with Crippen molar-refractivity contribution in [1.82, 2.24) is 4.90 Å². The molecular formula is C19H17BrN4O3. The summed E-state index contributed by atoms with van der Waals surface area (Å²) in [6.07, 6.45) is 0.796. The maximum Gasteiger partial charge on any atom is 0.284 e. The first-order chi connectivity index (χ1) is 13.0. The number of anilines is 1. The number of carbonyl (C=O) groups is 1. The number of amides is 1. The van der Waals surface area contributed by atoms with Crippen LogP contribution in [0.3, 0.4) is 0 Å². The molecule has 0 N–H and O–H groups in total. The molecule has 1 aliphatic rings. The third-order valence-electron chi connectivity index (χ3n) is 4.53. The van der Waals surface area contributed by atoms with Crippen molar-refractivity contribution < 1.29 is 9.72 Å². The van der Waals surface area contributed by atoms with Crippen LogP contribution in [0.15, 0.2) is 46.9 Å². The molecule has 2 aromatic carbocycles. The lowest BCUT2D eigenvalue weighted by Crippen LogP contribution is -2.35. The smallest absolute Gasteiger partial charge is 0.284 e. The van der Waals surface area contributed by atoms with Crippen molar-refractivity contribution in [2.75, 3.05) is 31.1 Å². The quantitative estimate of drug-likeness (QED) is 0.550. The van der Waals surface area contributed by atoms with Crippen LogP contribution in [0, 0.1) is 21.4 Å². The molecule has 7 nitrogen and oxygen atoms in total. The van der Waals surface area contributed by atoms with E-state index in [1.165, 1.54) is 12.1 Å². The van der Waals surface area contributed by atoms with Gasteiger partial charge in [0.25, 0.3) is 11.6 Å². The van der Waals surface area contributed by atoms with Crippen molar-refractivity contribution >= 4 is 33.2 Å². The average molecular weight is 429 g/mol. The Labute approximate surface area is 165 Å². The van der Waals surface area contributed by atoms with E-state index in [4.69, 9.17) is 5.26 Å². The Morgan fingerprint density at radius 1 is 1.11 bits per heavy atom. The molecule has 2 aromatic rings. The Morgan fingerprint density at radius 2 is 1.85 bits per heavy atom. The highest BCUT2D eigenvalue weighted by molar-refractivity contribution is 9.10. The van der Waals surface area contributed by atoms with Gasteiger partial charge < -0.3 is 9.80 Å². The first-order valence-corrected chi connectivity index (χ1v) is 9.27. The summed E-state index contributed by atoms with van der Waals surface area (Å²) < 4.78 is 0.354. The van der Waals surface area contributed by atoms with Gasteiger partial charge in [0.2, 0.25) is 0 Å². The van der Waals surface area contributed by atoms with Crippen LogP contribution in [0.2, 0.25) is 0 Å². The maximum absolute atomic E-state index is 12.8. The predicted octanol–water partition coefficient (Wildman–Crippen LogP) is 3.58. The van der Waals surface area contributed by atoms with Crippen LogP contribution < -0.4 is 4.90 Å². The van der Waals surface area contributed by atoms with E-state index in [1.54, 1.807) is 23.1 Å². The van der Waals surface area contributed by atoms with E-state index in [9.17, 15) is 14.9 Å². The van der Waals surface area contributed by atoms with E-state index in [0.29, 0.717) is 35.2 Å². The van der Waals surface area contributed by atoms with Gasteiger partial charge in [0.1, 0.15) is 0 Å². The van der Waals surface area contributed by atoms with Crippen LogP contribution in [0.4, 0.5) is 11.4 Å². The van der Waals surface area contributed by atoms with E-state index in [-0.39, 0.29) is 11.6 Å². The van der Waals surface area contributed by atoms with E-state index in [0.717, 1.165) is 18.7 Å². The van der Waals surface area contributed by atoms with Gasteiger partial charge in [0.05, 0.1) is 21.0 Å². The van der Waals surface area contributed by atoms with Crippen LogP contribution in [-0.2, 0) is 0 Å². The molecule has 0 saturated carbocycles. The van der Waals surface area contributed by atoms with Crippen molar-refractivity contribution in [1.29, 1.82) is 5.26 Å². The zero-order valence-corrected chi connectivity index (χ0v) is 16.1. The molecule has 1 saturated heterocycles. The lowest BCUT2D eigenvalue weighted by Gasteiger charge is -2.24.